The first-order chi connectivity index (χ1) is 7.53. The van der Waals surface area contributed by atoms with Crippen LogP contribution in [0.15, 0.2) is 5.38 Å². The molecule has 16 heavy (non-hydrogen) atoms. The van der Waals surface area contributed by atoms with Gasteiger partial charge in [0, 0.05) is 18.0 Å². The molecule has 1 aliphatic rings. The number of rotatable bonds is 5. The van der Waals surface area contributed by atoms with Crippen molar-refractivity contribution in [2.75, 3.05) is 0 Å². The fourth-order valence-electron chi connectivity index (χ4n) is 1.31. The second-order valence-corrected chi connectivity index (χ2v) is 6.23. The van der Waals surface area contributed by atoms with E-state index in [1.54, 1.807) is 11.3 Å². The zero-order valence-corrected chi connectivity index (χ0v) is 11.1. The smallest absolute Gasteiger partial charge is 0.107 e. The zero-order valence-electron chi connectivity index (χ0n) is 10.2. The van der Waals surface area contributed by atoms with Gasteiger partial charge in [-0.2, -0.15) is 0 Å². The quantitative estimate of drug-likeness (QED) is 0.859. The van der Waals surface area contributed by atoms with Gasteiger partial charge in [-0.05, 0) is 33.6 Å². The summed E-state index contributed by atoms with van der Waals surface area (Å²) in [5.41, 5.74) is 0.961. The molecule has 0 saturated heterocycles. The van der Waals surface area contributed by atoms with E-state index in [2.05, 4.69) is 36.5 Å². The van der Waals surface area contributed by atoms with Crippen molar-refractivity contribution in [1.29, 1.82) is 0 Å². The Balaban J connectivity index is 1.77. The highest BCUT2D eigenvalue weighted by atomic mass is 32.1. The standard InChI is InChI=1S/C12H20N2OS/c1-12(2,3)15-7-10-8-16-11(14-10)6-13-9-4-5-9/h8-9,13H,4-7H2,1-3H3. The average molecular weight is 240 g/mol. The lowest BCUT2D eigenvalue weighted by Gasteiger charge is -2.18. The monoisotopic (exact) mass is 240 g/mol. The van der Waals surface area contributed by atoms with Crippen LogP contribution in [0.2, 0.25) is 0 Å². The third-order valence-corrected chi connectivity index (χ3v) is 3.27. The summed E-state index contributed by atoms with van der Waals surface area (Å²) in [4.78, 5) is 4.54. The minimum absolute atomic E-state index is 0.0873. The van der Waals surface area contributed by atoms with Crippen LogP contribution >= 0.6 is 11.3 Å². The molecule has 1 heterocycles. The van der Waals surface area contributed by atoms with E-state index in [4.69, 9.17) is 4.74 Å². The highest BCUT2D eigenvalue weighted by Gasteiger charge is 2.20. The van der Waals surface area contributed by atoms with Gasteiger partial charge in [0.25, 0.3) is 0 Å². The van der Waals surface area contributed by atoms with E-state index in [9.17, 15) is 0 Å². The Morgan fingerprint density at radius 3 is 2.88 bits per heavy atom. The molecule has 90 valence electrons. The summed E-state index contributed by atoms with van der Waals surface area (Å²) in [6.07, 6.45) is 2.65. The van der Waals surface area contributed by atoms with Gasteiger partial charge in [-0.1, -0.05) is 0 Å². The van der Waals surface area contributed by atoms with Crippen LogP contribution in [0.3, 0.4) is 0 Å². The lowest BCUT2D eigenvalue weighted by molar-refractivity contribution is -0.0163. The number of thiazole rings is 1. The van der Waals surface area contributed by atoms with Gasteiger partial charge < -0.3 is 10.1 Å². The predicted octanol–water partition coefficient (Wildman–Crippen LogP) is 2.71. The lowest BCUT2D eigenvalue weighted by atomic mass is 10.2. The Bertz CT molecular complexity index is 339. The lowest BCUT2D eigenvalue weighted by Crippen LogP contribution is -2.19. The Morgan fingerprint density at radius 2 is 2.25 bits per heavy atom. The maximum atomic E-state index is 5.69. The summed E-state index contributed by atoms with van der Waals surface area (Å²) in [5.74, 6) is 0. The Morgan fingerprint density at radius 1 is 1.50 bits per heavy atom. The van der Waals surface area contributed by atoms with E-state index >= 15 is 0 Å². The Labute approximate surface area is 101 Å². The van der Waals surface area contributed by atoms with Crippen molar-refractivity contribution in [3.05, 3.63) is 16.1 Å². The van der Waals surface area contributed by atoms with E-state index in [-0.39, 0.29) is 5.60 Å². The van der Waals surface area contributed by atoms with Crippen molar-refractivity contribution in [2.45, 2.75) is 58.4 Å². The van der Waals surface area contributed by atoms with Crippen LogP contribution in [0.1, 0.15) is 44.3 Å². The SMILES string of the molecule is CC(C)(C)OCc1csc(CNC2CC2)n1. The van der Waals surface area contributed by atoms with Gasteiger partial charge in [-0.25, -0.2) is 4.98 Å². The van der Waals surface area contributed by atoms with Gasteiger partial charge in [-0.15, -0.1) is 11.3 Å². The molecule has 0 amide bonds. The molecule has 0 unspecified atom stereocenters. The molecule has 1 aromatic rings. The molecule has 2 rings (SSSR count). The normalized spacial score (nSPS) is 16.7. The molecule has 1 aliphatic carbocycles. The van der Waals surface area contributed by atoms with Crippen LogP contribution in [0.25, 0.3) is 0 Å². The summed E-state index contributed by atoms with van der Waals surface area (Å²) >= 11 is 1.72. The molecule has 0 aromatic carbocycles. The van der Waals surface area contributed by atoms with E-state index in [1.807, 2.05) is 0 Å². The van der Waals surface area contributed by atoms with Crippen LogP contribution in [0, 0.1) is 0 Å². The molecule has 4 heteroatoms. The molecule has 1 saturated carbocycles. The average Bonchev–Trinajstić information content (AvgIpc) is 2.91. The van der Waals surface area contributed by atoms with Crippen molar-refractivity contribution < 1.29 is 4.74 Å². The van der Waals surface area contributed by atoms with Gasteiger partial charge in [0.05, 0.1) is 17.9 Å². The third-order valence-electron chi connectivity index (χ3n) is 2.37. The van der Waals surface area contributed by atoms with Crippen LogP contribution in [-0.2, 0) is 17.9 Å². The molecule has 3 nitrogen and oxygen atoms in total. The fourth-order valence-corrected chi connectivity index (χ4v) is 2.04. The fraction of sp³-hybridized carbons (Fsp3) is 0.750. The molecule has 0 aliphatic heterocycles. The predicted molar refractivity (Wildman–Crippen MR) is 66.5 cm³/mol. The van der Waals surface area contributed by atoms with E-state index in [0.29, 0.717) is 6.61 Å². The van der Waals surface area contributed by atoms with Crippen LogP contribution < -0.4 is 5.32 Å². The number of hydrogen-bond donors (Lipinski definition) is 1. The van der Waals surface area contributed by atoms with Gasteiger partial charge in [0.2, 0.25) is 0 Å². The summed E-state index contributed by atoms with van der Waals surface area (Å²) in [6.45, 7) is 7.72. The first-order valence-corrected chi connectivity index (χ1v) is 6.71. The summed E-state index contributed by atoms with van der Waals surface area (Å²) in [5, 5.41) is 6.72. The molecular formula is C12H20N2OS. The molecule has 1 aromatic heterocycles. The van der Waals surface area contributed by atoms with Gasteiger partial charge in [0.15, 0.2) is 0 Å². The largest absolute Gasteiger partial charge is 0.370 e. The van der Waals surface area contributed by atoms with Crippen LogP contribution in [0.5, 0.6) is 0 Å². The second-order valence-electron chi connectivity index (χ2n) is 5.29. The van der Waals surface area contributed by atoms with E-state index in [1.165, 1.54) is 17.8 Å². The maximum absolute atomic E-state index is 5.69. The Hall–Kier alpha value is -0.450. The van der Waals surface area contributed by atoms with Gasteiger partial charge >= 0.3 is 0 Å². The van der Waals surface area contributed by atoms with E-state index < -0.39 is 0 Å². The molecule has 1 fully saturated rings. The summed E-state index contributed by atoms with van der Waals surface area (Å²) in [7, 11) is 0. The number of aromatic nitrogens is 1. The number of ether oxygens (including phenoxy) is 1. The first kappa shape index (κ1) is 12.0. The molecular weight excluding hydrogens is 220 g/mol. The zero-order chi connectivity index (χ0) is 11.6. The highest BCUT2D eigenvalue weighted by Crippen LogP contribution is 2.20. The molecule has 0 radical (unpaired) electrons. The third kappa shape index (κ3) is 4.20. The molecule has 0 spiro atoms. The molecule has 0 bridgehead atoms. The minimum atomic E-state index is -0.0873. The summed E-state index contributed by atoms with van der Waals surface area (Å²) in [6, 6.07) is 0.748. The van der Waals surface area contributed by atoms with Gasteiger partial charge in [-0.3, -0.25) is 0 Å². The Kier molecular flexibility index (Phi) is 3.62. The first-order valence-electron chi connectivity index (χ1n) is 5.83. The van der Waals surface area contributed by atoms with Crippen LogP contribution in [-0.4, -0.2) is 16.6 Å². The van der Waals surface area contributed by atoms with Crippen molar-refractivity contribution in [2.24, 2.45) is 0 Å². The van der Waals surface area contributed by atoms with Crippen molar-refractivity contribution in [3.8, 4) is 0 Å². The number of hydrogen-bond acceptors (Lipinski definition) is 4. The molecule has 0 atom stereocenters. The van der Waals surface area contributed by atoms with Crippen molar-refractivity contribution >= 4 is 11.3 Å². The number of nitrogens with one attached hydrogen (secondary N) is 1. The highest BCUT2D eigenvalue weighted by molar-refractivity contribution is 7.09. The second kappa shape index (κ2) is 4.82. The van der Waals surface area contributed by atoms with E-state index in [0.717, 1.165) is 18.3 Å². The van der Waals surface area contributed by atoms with Crippen molar-refractivity contribution in [1.82, 2.24) is 10.3 Å². The van der Waals surface area contributed by atoms with Crippen molar-refractivity contribution in [3.63, 3.8) is 0 Å². The topological polar surface area (TPSA) is 34.1 Å². The minimum Gasteiger partial charge on any atom is -0.370 e. The summed E-state index contributed by atoms with van der Waals surface area (Å²) < 4.78 is 5.69. The number of nitrogens with zero attached hydrogens (tertiary/aromatic N) is 1. The maximum Gasteiger partial charge on any atom is 0.107 e. The van der Waals surface area contributed by atoms with Gasteiger partial charge in [0.1, 0.15) is 5.01 Å². The molecule has 1 N–H and O–H groups in total. The van der Waals surface area contributed by atoms with Crippen LogP contribution in [0.4, 0.5) is 0 Å².